The second kappa shape index (κ2) is 7.19. The van der Waals surface area contributed by atoms with Crippen LogP contribution in [0.2, 0.25) is 5.02 Å². The SMILES string of the molecule is O=C(Oc1ccc(Br)cc1Cl)c1cc(-c2cccs2)nc2ccccc12. The van der Waals surface area contributed by atoms with Crippen LogP contribution in [-0.4, -0.2) is 11.0 Å². The van der Waals surface area contributed by atoms with E-state index in [9.17, 15) is 4.79 Å². The molecule has 0 aliphatic carbocycles. The fourth-order valence-electron chi connectivity index (χ4n) is 2.61. The summed E-state index contributed by atoms with van der Waals surface area (Å²) in [5.74, 6) is -0.149. The second-order valence-corrected chi connectivity index (χ2v) is 7.78. The van der Waals surface area contributed by atoms with Crippen molar-refractivity contribution in [3.8, 4) is 16.3 Å². The zero-order chi connectivity index (χ0) is 18.1. The Labute approximate surface area is 167 Å². The molecule has 0 spiro atoms. The van der Waals surface area contributed by atoms with Gasteiger partial charge in [-0.3, -0.25) is 0 Å². The molecular weight excluding hydrogens is 434 g/mol. The highest BCUT2D eigenvalue weighted by atomic mass is 79.9. The summed E-state index contributed by atoms with van der Waals surface area (Å²) in [5.41, 5.74) is 1.94. The molecule has 2 heterocycles. The van der Waals surface area contributed by atoms with E-state index in [1.165, 1.54) is 0 Å². The van der Waals surface area contributed by atoms with Crippen LogP contribution in [-0.2, 0) is 0 Å². The quantitative estimate of drug-likeness (QED) is 0.264. The number of thiophene rings is 1. The molecule has 0 aliphatic heterocycles. The molecule has 26 heavy (non-hydrogen) atoms. The van der Waals surface area contributed by atoms with E-state index in [0.29, 0.717) is 16.3 Å². The van der Waals surface area contributed by atoms with Gasteiger partial charge in [0.1, 0.15) is 5.75 Å². The highest BCUT2D eigenvalue weighted by Crippen LogP contribution is 2.31. The normalized spacial score (nSPS) is 10.8. The average molecular weight is 445 g/mol. The van der Waals surface area contributed by atoms with Crippen LogP contribution >= 0.6 is 38.9 Å². The third-order valence-electron chi connectivity index (χ3n) is 3.81. The summed E-state index contributed by atoms with van der Waals surface area (Å²) < 4.78 is 6.37. The molecule has 0 aliphatic rings. The molecular formula is C20H11BrClNO2S. The minimum absolute atomic E-state index is 0.318. The number of fused-ring (bicyclic) bond motifs is 1. The van der Waals surface area contributed by atoms with Crippen molar-refractivity contribution in [1.29, 1.82) is 0 Å². The van der Waals surface area contributed by atoms with Gasteiger partial charge in [-0.1, -0.05) is 51.8 Å². The zero-order valence-electron chi connectivity index (χ0n) is 13.3. The van der Waals surface area contributed by atoms with Crippen molar-refractivity contribution >= 4 is 55.7 Å². The molecule has 0 fully saturated rings. The number of halogens is 2. The molecule has 0 radical (unpaired) electrons. The molecule has 0 N–H and O–H groups in total. The lowest BCUT2D eigenvalue weighted by Gasteiger charge is -2.10. The van der Waals surface area contributed by atoms with Gasteiger partial charge in [0.15, 0.2) is 0 Å². The fraction of sp³-hybridized carbons (Fsp3) is 0. The Morgan fingerprint density at radius 2 is 1.92 bits per heavy atom. The van der Waals surface area contributed by atoms with Crippen LogP contribution in [0.25, 0.3) is 21.5 Å². The maximum Gasteiger partial charge on any atom is 0.344 e. The summed E-state index contributed by atoms with van der Waals surface area (Å²) in [6.07, 6.45) is 0. The van der Waals surface area contributed by atoms with Gasteiger partial charge in [-0.2, -0.15) is 0 Å². The largest absolute Gasteiger partial charge is 0.421 e. The summed E-state index contributed by atoms with van der Waals surface area (Å²) in [5, 5.41) is 3.09. The van der Waals surface area contributed by atoms with Crippen LogP contribution in [0.1, 0.15) is 10.4 Å². The van der Waals surface area contributed by atoms with E-state index in [4.69, 9.17) is 16.3 Å². The van der Waals surface area contributed by atoms with E-state index in [1.54, 1.807) is 35.6 Å². The summed E-state index contributed by atoms with van der Waals surface area (Å²) in [6.45, 7) is 0. The first kappa shape index (κ1) is 17.2. The zero-order valence-corrected chi connectivity index (χ0v) is 16.4. The number of carbonyl (C=O) groups excluding carboxylic acids is 1. The van der Waals surface area contributed by atoms with Crippen molar-refractivity contribution < 1.29 is 9.53 Å². The number of hydrogen-bond donors (Lipinski definition) is 0. The fourth-order valence-corrected chi connectivity index (χ4v) is 4.01. The van der Waals surface area contributed by atoms with E-state index < -0.39 is 5.97 Å². The molecule has 0 atom stereocenters. The van der Waals surface area contributed by atoms with Crippen LogP contribution in [0, 0.1) is 0 Å². The first-order chi connectivity index (χ1) is 12.6. The molecule has 0 saturated carbocycles. The number of benzene rings is 2. The van der Waals surface area contributed by atoms with E-state index in [-0.39, 0.29) is 0 Å². The number of nitrogens with zero attached hydrogens (tertiary/aromatic N) is 1. The van der Waals surface area contributed by atoms with Gasteiger partial charge in [-0.25, -0.2) is 9.78 Å². The molecule has 4 rings (SSSR count). The van der Waals surface area contributed by atoms with Crippen LogP contribution in [0.5, 0.6) is 5.75 Å². The molecule has 0 saturated heterocycles. The second-order valence-electron chi connectivity index (χ2n) is 5.51. The molecule has 0 unspecified atom stereocenters. The number of para-hydroxylation sites is 1. The van der Waals surface area contributed by atoms with Gasteiger partial charge in [0.05, 0.1) is 26.7 Å². The Morgan fingerprint density at radius 1 is 1.08 bits per heavy atom. The van der Waals surface area contributed by atoms with Gasteiger partial charge >= 0.3 is 5.97 Å². The van der Waals surface area contributed by atoms with E-state index in [2.05, 4.69) is 20.9 Å². The smallest absolute Gasteiger partial charge is 0.344 e. The molecule has 4 aromatic rings. The number of esters is 1. The topological polar surface area (TPSA) is 39.2 Å². The molecule has 0 amide bonds. The van der Waals surface area contributed by atoms with Crippen molar-refractivity contribution in [3.63, 3.8) is 0 Å². The Kier molecular flexibility index (Phi) is 4.76. The van der Waals surface area contributed by atoms with Gasteiger partial charge in [0, 0.05) is 9.86 Å². The third kappa shape index (κ3) is 3.38. The Bertz CT molecular complexity index is 1110. The number of carbonyl (C=O) groups is 1. The molecule has 3 nitrogen and oxygen atoms in total. The standard InChI is InChI=1S/C20H11BrClNO2S/c21-12-7-8-18(15(22)10-12)25-20(24)14-11-17(19-6-3-9-26-19)23-16-5-2-1-4-13(14)16/h1-11H. The van der Waals surface area contributed by atoms with Crippen LogP contribution in [0.4, 0.5) is 0 Å². The van der Waals surface area contributed by atoms with Crippen molar-refractivity contribution in [2.24, 2.45) is 0 Å². The predicted molar refractivity (Wildman–Crippen MR) is 109 cm³/mol. The van der Waals surface area contributed by atoms with Gasteiger partial charge in [0.2, 0.25) is 0 Å². The van der Waals surface area contributed by atoms with Crippen molar-refractivity contribution in [2.45, 2.75) is 0 Å². The minimum Gasteiger partial charge on any atom is -0.421 e. The number of ether oxygens (including phenoxy) is 1. The van der Waals surface area contributed by atoms with E-state index >= 15 is 0 Å². The number of pyridine rings is 1. The Balaban J connectivity index is 1.80. The summed E-state index contributed by atoms with van der Waals surface area (Å²) in [4.78, 5) is 18.5. The van der Waals surface area contributed by atoms with E-state index in [0.717, 1.165) is 25.9 Å². The molecule has 128 valence electrons. The van der Waals surface area contributed by atoms with Crippen LogP contribution in [0.3, 0.4) is 0 Å². The third-order valence-corrected chi connectivity index (χ3v) is 5.49. The number of aromatic nitrogens is 1. The lowest BCUT2D eigenvalue weighted by molar-refractivity contribution is 0.0737. The van der Waals surface area contributed by atoms with E-state index in [1.807, 2.05) is 41.8 Å². The monoisotopic (exact) mass is 443 g/mol. The summed E-state index contributed by atoms with van der Waals surface area (Å²) in [7, 11) is 0. The van der Waals surface area contributed by atoms with Crippen molar-refractivity contribution in [1.82, 2.24) is 4.98 Å². The highest BCUT2D eigenvalue weighted by Gasteiger charge is 2.17. The van der Waals surface area contributed by atoms with Crippen LogP contribution < -0.4 is 4.74 Å². The first-order valence-corrected chi connectivity index (χ1v) is 9.78. The maximum absolute atomic E-state index is 12.9. The minimum atomic E-state index is -0.467. The number of rotatable bonds is 3. The van der Waals surface area contributed by atoms with Crippen LogP contribution in [0.15, 0.2) is 70.5 Å². The summed E-state index contributed by atoms with van der Waals surface area (Å²) in [6, 6.07) is 18.3. The predicted octanol–water partition coefficient (Wildman–Crippen LogP) is 6.60. The summed E-state index contributed by atoms with van der Waals surface area (Å²) >= 11 is 11.1. The Hall–Kier alpha value is -2.21. The average Bonchev–Trinajstić information content (AvgIpc) is 3.18. The highest BCUT2D eigenvalue weighted by molar-refractivity contribution is 9.10. The van der Waals surface area contributed by atoms with Gasteiger partial charge in [-0.05, 0) is 41.8 Å². The lowest BCUT2D eigenvalue weighted by atomic mass is 10.1. The Morgan fingerprint density at radius 3 is 2.69 bits per heavy atom. The maximum atomic E-state index is 12.9. The molecule has 0 bridgehead atoms. The van der Waals surface area contributed by atoms with Gasteiger partial charge < -0.3 is 4.74 Å². The number of hydrogen-bond acceptors (Lipinski definition) is 4. The van der Waals surface area contributed by atoms with Gasteiger partial charge in [0.25, 0.3) is 0 Å². The lowest BCUT2D eigenvalue weighted by Crippen LogP contribution is -2.10. The molecule has 2 aromatic heterocycles. The van der Waals surface area contributed by atoms with Crippen molar-refractivity contribution in [2.75, 3.05) is 0 Å². The van der Waals surface area contributed by atoms with Gasteiger partial charge in [-0.15, -0.1) is 11.3 Å². The van der Waals surface area contributed by atoms with Crippen molar-refractivity contribution in [3.05, 3.63) is 81.1 Å². The first-order valence-electron chi connectivity index (χ1n) is 7.73. The molecule has 6 heteroatoms. The molecule has 2 aromatic carbocycles.